The second kappa shape index (κ2) is 9.82. The number of halogens is 1. The normalized spacial score (nSPS) is 12.6. The van der Waals surface area contributed by atoms with E-state index in [1.165, 1.54) is 11.8 Å². The third-order valence-electron chi connectivity index (χ3n) is 4.59. The molecule has 1 aliphatic carbocycles. The summed E-state index contributed by atoms with van der Waals surface area (Å²) in [6.07, 6.45) is 6.43. The number of H-pyrrole nitrogens is 1. The fraction of sp³-hybridized carbons (Fsp3) is 0.227. The zero-order valence-electron chi connectivity index (χ0n) is 17.0. The highest BCUT2D eigenvalue weighted by Gasteiger charge is 2.13. The molecule has 1 heterocycles. The SMILES string of the molecule is C=C(c1ccc(C(=O)NCc2nc3c([nH]2)C=C(Cl)CC=C3)cc1)N(C)C(=N)SCC. The fourth-order valence-corrected chi connectivity index (χ4v) is 3.68. The number of aromatic nitrogens is 2. The maximum absolute atomic E-state index is 12.5. The van der Waals surface area contributed by atoms with Gasteiger partial charge in [0.25, 0.3) is 5.91 Å². The third kappa shape index (κ3) is 5.23. The Kier molecular flexibility index (Phi) is 7.18. The molecule has 1 amide bonds. The van der Waals surface area contributed by atoms with Crippen LogP contribution in [0.2, 0.25) is 0 Å². The minimum absolute atomic E-state index is 0.189. The van der Waals surface area contributed by atoms with Crippen molar-refractivity contribution in [3.63, 3.8) is 0 Å². The number of carbonyl (C=O) groups excluding carboxylic acids is 1. The Morgan fingerprint density at radius 2 is 2.07 bits per heavy atom. The first-order valence-electron chi connectivity index (χ1n) is 9.53. The van der Waals surface area contributed by atoms with E-state index in [9.17, 15) is 4.79 Å². The molecular formula is C22H24ClN5OS. The molecule has 0 atom stereocenters. The summed E-state index contributed by atoms with van der Waals surface area (Å²) in [7, 11) is 1.82. The second-order valence-corrected chi connectivity index (χ2v) is 8.42. The Bertz CT molecular complexity index is 1020. The number of allylic oxidation sites excluding steroid dienone is 2. The number of amidine groups is 1. The average Bonchev–Trinajstić information content (AvgIpc) is 3.03. The van der Waals surface area contributed by atoms with Gasteiger partial charge in [0.05, 0.1) is 17.9 Å². The first-order chi connectivity index (χ1) is 14.4. The minimum atomic E-state index is -0.189. The van der Waals surface area contributed by atoms with Crippen molar-refractivity contribution in [1.82, 2.24) is 20.2 Å². The van der Waals surface area contributed by atoms with E-state index in [0.717, 1.165) is 27.7 Å². The monoisotopic (exact) mass is 441 g/mol. The molecule has 3 N–H and O–H groups in total. The minimum Gasteiger partial charge on any atom is -0.345 e. The Hall–Kier alpha value is -2.77. The summed E-state index contributed by atoms with van der Waals surface area (Å²) >= 11 is 7.57. The van der Waals surface area contributed by atoms with E-state index in [0.29, 0.717) is 28.7 Å². The van der Waals surface area contributed by atoms with Crippen molar-refractivity contribution >= 4 is 52.3 Å². The summed E-state index contributed by atoms with van der Waals surface area (Å²) in [5.41, 5.74) is 3.78. The predicted octanol–water partition coefficient (Wildman–Crippen LogP) is 4.93. The molecule has 156 valence electrons. The van der Waals surface area contributed by atoms with E-state index in [4.69, 9.17) is 17.0 Å². The van der Waals surface area contributed by atoms with Gasteiger partial charge >= 0.3 is 0 Å². The summed E-state index contributed by atoms with van der Waals surface area (Å²) < 4.78 is 0. The van der Waals surface area contributed by atoms with Crippen LogP contribution in [0.15, 0.2) is 42.0 Å². The first kappa shape index (κ1) is 21.9. The number of fused-ring (bicyclic) bond motifs is 1. The van der Waals surface area contributed by atoms with E-state index in [1.807, 2.05) is 44.3 Å². The Morgan fingerprint density at radius 3 is 2.77 bits per heavy atom. The highest BCUT2D eigenvalue weighted by molar-refractivity contribution is 8.13. The first-order valence-corrected chi connectivity index (χ1v) is 10.9. The standard InChI is InChI=1S/C22H24ClN5OS/c1-4-30-22(24)28(3)14(2)15-8-10-16(11-9-15)21(29)25-13-20-26-18-7-5-6-17(23)12-19(18)27-20/h5,7-12,24H,2,4,6,13H2,1,3H3,(H,25,29)(H,26,27). The summed E-state index contributed by atoms with van der Waals surface area (Å²) in [5, 5.41) is 12.1. The van der Waals surface area contributed by atoms with Crippen LogP contribution in [0.3, 0.4) is 0 Å². The van der Waals surface area contributed by atoms with Crippen LogP contribution in [0.1, 0.15) is 46.5 Å². The quantitative estimate of drug-likeness (QED) is 0.438. The van der Waals surface area contributed by atoms with Gasteiger partial charge in [-0.25, -0.2) is 4.98 Å². The van der Waals surface area contributed by atoms with Crippen molar-refractivity contribution < 1.29 is 4.79 Å². The van der Waals surface area contributed by atoms with Crippen LogP contribution in [0.4, 0.5) is 0 Å². The number of amides is 1. The van der Waals surface area contributed by atoms with E-state index in [2.05, 4.69) is 21.9 Å². The number of hydrogen-bond acceptors (Lipinski definition) is 4. The number of imidazole rings is 1. The molecule has 0 saturated heterocycles. The number of hydrogen-bond donors (Lipinski definition) is 3. The molecule has 0 saturated carbocycles. The summed E-state index contributed by atoms with van der Waals surface area (Å²) in [6, 6.07) is 7.18. The number of benzene rings is 1. The molecule has 1 aromatic carbocycles. The molecule has 0 spiro atoms. The van der Waals surface area contributed by atoms with Gasteiger partial charge in [0.15, 0.2) is 5.17 Å². The van der Waals surface area contributed by atoms with Crippen molar-refractivity contribution in [2.24, 2.45) is 0 Å². The van der Waals surface area contributed by atoms with Gasteiger partial charge in [-0.2, -0.15) is 0 Å². The zero-order valence-corrected chi connectivity index (χ0v) is 18.5. The third-order valence-corrected chi connectivity index (χ3v) is 5.69. The number of thioether (sulfide) groups is 1. The van der Waals surface area contributed by atoms with Crippen LogP contribution < -0.4 is 5.32 Å². The fourth-order valence-electron chi connectivity index (χ4n) is 2.90. The molecule has 8 heteroatoms. The maximum Gasteiger partial charge on any atom is 0.251 e. The van der Waals surface area contributed by atoms with E-state index in [1.54, 1.807) is 17.0 Å². The molecule has 3 rings (SSSR count). The molecule has 1 aliphatic rings. The Balaban J connectivity index is 1.61. The van der Waals surface area contributed by atoms with E-state index < -0.39 is 0 Å². The largest absolute Gasteiger partial charge is 0.345 e. The lowest BCUT2D eigenvalue weighted by Gasteiger charge is -2.21. The highest BCUT2D eigenvalue weighted by atomic mass is 35.5. The van der Waals surface area contributed by atoms with Gasteiger partial charge in [-0.3, -0.25) is 10.2 Å². The summed E-state index contributed by atoms with van der Waals surface area (Å²) in [5.74, 6) is 1.30. The van der Waals surface area contributed by atoms with Gasteiger partial charge in [0.1, 0.15) is 5.82 Å². The Labute approximate surface area is 185 Å². The van der Waals surface area contributed by atoms with E-state index >= 15 is 0 Å². The molecule has 2 aromatic rings. The van der Waals surface area contributed by atoms with Crippen LogP contribution in [-0.2, 0) is 6.54 Å². The number of nitrogens with zero attached hydrogens (tertiary/aromatic N) is 2. The molecular weight excluding hydrogens is 418 g/mol. The van der Waals surface area contributed by atoms with Gasteiger partial charge in [-0.1, -0.05) is 55.1 Å². The van der Waals surface area contributed by atoms with Crippen molar-refractivity contribution in [2.45, 2.75) is 19.9 Å². The summed E-state index contributed by atoms with van der Waals surface area (Å²) in [6.45, 7) is 6.35. The predicted molar refractivity (Wildman–Crippen MR) is 126 cm³/mol. The molecule has 0 fully saturated rings. The highest BCUT2D eigenvalue weighted by Crippen LogP contribution is 2.22. The smallest absolute Gasteiger partial charge is 0.251 e. The number of rotatable bonds is 6. The molecule has 0 aliphatic heterocycles. The molecule has 0 unspecified atom stereocenters. The topological polar surface area (TPSA) is 84.9 Å². The lowest BCUT2D eigenvalue weighted by Crippen LogP contribution is -2.24. The van der Waals surface area contributed by atoms with Gasteiger partial charge in [0.2, 0.25) is 0 Å². The van der Waals surface area contributed by atoms with Crippen LogP contribution in [0, 0.1) is 5.41 Å². The number of carbonyl (C=O) groups is 1. The molecule has 6 nitrogen and oxygen atoms in total. The van der Waals surface area contributed by atoms with Crippen molar-refractivity contribution in [3.8, 4) is 0 Å². The van der Waals surface area contributed by atoms with Crippen molar-refractivity contribution in [3.05, 3.63) is 70.3 Å². The lowest BCUT2D eigenvalue weighted by molar-refractivity contribution is 0.0950. The van der Waals surface area contributed by atoms with Crippen LogP contribution in [-0.4, -0.2) is 38.7 Å². The number of nitrogens with one attached hydrogen (secondary N) is 3. The lowest BCUT2D eigenvalue weighted by atomic mass is 10.1. The van der Waals surface area contributed by atoms with Crippen LogP contribution in [0.25, 0.3) is 17.8 Å². The maximum atomic E-state index is 12.5. The molecule has 0 radical (unpaired) electrons. The van der Waals surface area contributed by atoms with Gasteiger partial charge in [0, 0.05) is 29.8 Å². The molecule has 30 heavy (non-hydrogen) atoms. The molecule has 1 aromatic heterocycles. The van der Waals surface area contributed by atoms with Gasteiger partial charge < -0.3 is 15.2 Å². The number of aromatic amines is 1. The zero-order chi connectivity index (χ0) is 21.7. The Morgan fingerprint density at radius 1 is 1.37 bits per heavy atom. The van der Waals surface area contributed by atoms with Crippen molar-refractivity contribution in [2.75, 3.05) is 12.8 Å². The van der Waals surface area contributed by atoms with Crippen LogP contribution >= 0.6 is 23.4 Å². The van der Waals surface area contributed by atoms with Crippen molar-refractivity contribution in [1.29, 1.82) is 5.41 Å². The van der Waals surface area contributed by atoms with Crippen LogP contribution in [0.5, 0.6) is 0 Å². The summed E-state index contributed by atoms with van der Waals surface area (Å²) in [4.78, 5) is 21.9. The van der Waals surface area contributed by atoms with E-state index in [-0.39, 0.29) is 12.5 Å². The average molecular weight is 442 g/mol. The molecule has 0 bridgehead atoms. The second-order valence-electron chi connectivity index (χ2n) is 6.68. The van der Waals surface area contributed by atoms with Gasteiger partial charge in [-0.05, 0) is 35.6 Å². The van der Waals surface area contributed by atoms with Gasteiger partial charge in [-0.15, -0.1) is 0 Å².